The highest BCUT2D eigenvalue weighted by Crippen LogP contribution is 2.34. The van der Waals surface area contributed by atoms with Gasteiger partial charge >= 0.3 is 5.87 Å². The number of unbranched alkanes of at least 4 members (excludes halogenated alkanes) is 2. The summed E-state index contributed by atoms with van der Waals surface area (Å²) in [4.78, 5) is 3.30. The first-order chi connectivity index (χ1) is 13.6. The lowest BCUT2D eigenvalue weighted by molar-refractivity contribution is 0.00740. The Morgan fingerprint density at radius 1 is 0.857 bits per heavy atom. The van der Waals surface area contributed by atoms with E-state index < -0.39 is 0 Å². The molecule has 28 heavy (non-hydrogen) atoms. The number of hydrogen-bond donors (Lipinski definition) is 0. The van der Waals surface area contributed by atoms with Crippen LogP contribution in [0.2, 0.25) is 0 Å². The number of aryl methyl sites for hydroxylation is 2. The van der Waals surface area contributed by atoms with Crippen LogP contribution in [-0.2, 0) is 0 Å². The Morgan fingerprint density at radius 2 is 1.54 bits per heavy atom. The normalized spacial score (nSPS) is 11.4. The molecule has 0 radical (unpaired) electrons. The quantitative estimate of drug-likeness (QED) is 0.191. The first kappa shape index (κ1) is 21.6. The lowest BCUT2D eigenvalue weighted by Gasteiger charge is -2.18. The van der Waals surface area contributed by atoms with Crippen LogP contribution in [-0.4, -0.2) is 10.7 Å². The van der Waals surface area contributed by atoms with Crippen LogP contribution >= 0.6 is 0 Å². The van der Waals surface area contributed by atoms with Gasteiger partial charge in [0.2, 0.25) is 0 Å². The molecular formula is C26H32N2. The van der Waals surface area contributed by atoms with Crippen LogP contribution < -0.4 is 0 Å². The molecule has 2 aromatic rings. The van der Waals surface area contributed by atoms with Gasteiger partial charge < -0.3 is 5.53 Å². The predicted octanol–water partition coefficient (Wildman–Crippen LogP) is 7.31. The Hall–Kier alpha value is -2.66. The van der Waals surface area contributed by atoms with Crippen LogP contribution in [0.3, 0.4) is 0 Å². The summed E-state index contributed by atoms with van der Waals surface area (Å²) >= 11 is 0. The zero-order valence-corrected chi connectivity index (χ0v) is 17.8. The van der Waals surface area contributed by atoms with Gasteiger partial charge in [-0.2, -0.15) is 0 Å². The smallest absolute Gasteiger partial charge is 0.303 e. The molecule has 0 saturated carbocycles. The average Bonchev–Trinajstić information content (AvgIpc) is 2.69. The first-order valence-electron chi connectivity index (χ1n) is 10.4. The third kappa shape index (κ3) is 5.92. The summed E-state index contributed by atoms with van der Waals surface area (Å²) in [6.07, 6.45) is 6.20. The average molecular weight is 373 g/mol. The SMILES string of the molecule is CCCCC(=C=[N+]=[N-])C(CCCC)=C(c1ccc(C)cc1)c1cccc(C)c1. The van der Waals surface area contributed by atoms with Crippen molar-refractivity contribution < 1.29 is 4.79 Å². The molecule has 0 aliphatic heterocycles. The maximum absolute atomic E-state index is 9.28. The van der Waals surface area contributed by atoms with Gasteiger partial charge in [-0.3, -0.25) is 0 Å². The highest BCUT2D eigenvalue weighted by atomic mass is 14.8. The minimum absolute atomic E-state index is 0.876. The lowest BCUT2D eigenvalue weighted by atomic mass is 9.85. The Labute approximate surface area is 170 Å². The zero-order chi connectivity index (χ0) is 20.4. The van der Waals surface area contributed by atoms with Gasteiger partial charge in [-0.15, -0.1) is 4.79 Å². The summed E-state index contributed by atoms with van der Waals surface area (Å²) in [5.74, 6) is 2.91. The minimum atomic E-state index is 0.876. The van der Waals surface area contributed by atoms with Crippen LogP contribution in [0, 0.1) is 13.8 Å². The van der Waals surface area contributed by atoms with Gasteiger partial charge in [-0.1, -0.05) is 86.3 Å². The van der Waals surface area contributed by atoms with Crippen LogP contribution in [0.1, 0.15) is 74.6 Å². The summed E-state index contributed by atoms with van der Waals surface area (Å²) in [7, 11) is 0. The van der Waals surface area contributed by atoms with E-state index in [4.69, 9.17) is 0 Å². The van der Waals surface area contributed by atoms with Crippen molar-refractivity contribution in [2.24, 2.45) is 0 Å². The van der Waals surface area contributed by atoms with E-state index in [1.807, 2.05) is 0 Å². The molecule has 0 unspecified atom stereocenters. The van der Waals surface area contributed by atoms with E-state index in [2.05, 4.69) is 86.9 Å². The van der Waals surface area contributed by atoms with E-state index in [0.717, 1.165) is 44.1 Å². The molecule has 0 amide bonds. The van der Waals surface area contributed by atoms with Crippen molar-refractivity contribution in [3.8, 4) is 0 Å². The third-order valence-corrected chi connectivity index (χ3v) is 5.06. The predicted molar refractivity (Wildman–Crippen MR) is 120 cm³/mol. The molecule has 0 fully saturated rings. The van der Waals surface area contributed by atoms with Crippen LogP contribution in [0.25, 0.3) is 11.1 Å². The fraction of sp³-hybridized carbons (Fsp3) is 0.385. The van der Waals surface area contributed by atoms with Crippen molar-refractivity contribution >= 4 is 11.4 Å². The first-order valence-corrected chi connectivity index (χ1v) is 10.4. The van der Waals surface area contributed by atoms with Crippen LogP contribution in [0.5, 0.6) is 0 Å². The monoisotopic (exact) mass is 372 g/mol. The maximum atomic E-state index is 9.28. The summed E-state index contributed by atoms with van der Waals surface area (Å²) in [6, 6.07) is 17.4. The Morgan fingerprint density at radius 3 is 2.14 bits per heavy atom. The molecule has 0 saturated heterocycles. The van der Waals surface area contributed by atoms with Crippen molar-refractivity contribution in [3.05, 3.63) is 87.5 Å². The van der Waals surface area contributed by atoms with Crippen molar-refractivity contribution in [3.63, 3.8) is 0 Å². The van der Waals surface area contributed by atoms with Crippen molar-refractivity contribution in [1.82, 2.24) is 0 Å². The molecule has 0 heterocycles. The van der Waals surface area contributed by atoms with E-state index in [1.54, 1.807) is 0 Å². The van der Waals surface area contributed by atoms with E-state index >= 15 is 0 Å². The molecule has 0 atom stereocenters. The second kappa shape index (κ2) is 11.2. The highest BCUT2D eigenvalue weighted by Gasteiger charge is 2.18. The van der Waals surface area contributed by atoms with Gasteiger partial charge in [0.05, 0.1) is 5.57 Å². The maximum Gasteiger partial charge on any atom is 0.303 e. The largest absolute Gasteiger partial charge is 0.348 e. The van der Waals surface area contributed by atoms with Gasteiger partial charge in [0.25, 0.3) is 0 Å². The van der Waals surface area contributed by atoms with Crippen molar-refractivity contribution in [2.75, 3.05) is 0 Å². The molecule has 0 aliphatic rings. The van der Waals surface area contributed by atoms with Crippen molar-refractivity contribution in [1.29, 1.82) is 0 Å². The van der Waals surface area contributed by atoms with E-state index in [-0.39, 0.29) is 0 Å². The molecule has 146 valence electrons. The summed E-state index contributed by atoms with van der Waals surface area (Å²) < 4.78 is 0. The summed E-state index contributed by atoms with van der Waals surface area (Å²) in [5, 5.41) is 0. The molecule has 2 aromatic carbocycles. The summed E-state index contributed by atoms with van der Waals surface area (Å²) in [5.41, 5.74) is 17.7. The van der Waals surface area contributed by atoms with Gasteiger partial charge in [0.15, 0.2) is 0 Å². The standard InChI is InChI=1S/C26H32N2/c1-5-7-11-24(19-28-27)25(13-8-6-2)26(22-16-14-20(3)15-17-22)23-12-9-10-21(4)18-23/h9-10,12,14-18H,5-8,11,13H2,1-4H3. The molecule has 0 spiro atoms. The van der Waals surface area contributed by atoms with E-state index in [1.165, 1.54) is 33.4 Å². The fourth-order valence-corrected chi connectivity index (χ4v) is 3.50. The second-order valence-electron chi connectivity index (χ2n) is 7.49. The lowest BCUT2D eigenvalue weighted by Crippen LogP contribution is -2.01. The zero-order valence-electron chi connectivity index (χ0n) is 17.8. The Kier molecular flexibility index (Phi) is 8.69. The molecule has 0 aromatic heterocycles. The van der Waals surface area contributed by atoms with E-state index in [9.17, 15) is 5.53 Å². The number of rotatable bonds is 9. The van der Waals surface area contributed by atoms with Crippen molar-refractivity contribution in [2.45, 2.75) is 66.2 Å². The number of allylic oxidation sites excluding steroid dienone is 2. The summed E-state index contributed by atoms with van der Waals surface area (Å²) in [6.45, 7) is 8.64. The molecule has 0 aliphatic carbocycles. The number of nitrogens with zero attached hydrogens (tertiary/aromatic N) is 2. The third-order valence-electron chi connectivity index (χ3n) is 5.06. The van der Waals surface area contributed by atoms with Gasteiger partial charge in [0.1, 0.15) is 0 Å². The van der Waals surface area contributed by atoms with Crippen LogP contribution in [0.4, 0.5) is 0 Å². The van der Waals surface area contributed by atoms with Gasteiger partial charge in [-0.05, 0) is 61.8 Å². The Bertz CT molecular complexity index is 890. The molecule has 2 nitrogen and oxygen atoms in total. The fourth-order valence-electron chi connectivity index (χ4n) is 3.50. The van der Waals surface area contributed by atoms with Gasteiger partial charge in [-0.25, -0.2) is 0 Å². The molecule has 0 bridgehead atoms. The molecule has 2 heteroatoms. The van der Waals surface area contributed by atoms with E-state index in [0.29, 0.717) is 0 Å². The van der Waals surface area contributed by atoms with Crippen LogP contribution in [0.15, 0.2) is 59.7 Å². The molecule has 0 N–H and O–H groups in total. The molecule has 2 rings (SSSR count). The minimum Gasteiger partial charge on any atom is -0.348 e. The molecular weight excluding hydrogens is 340 g/mol. The number of benzene rings is 2. The number of hydrogen-bond acceptors (Lipinski definition) is 0. The van der Waals surface area contributed by atoms with Gasteiger partial charge in [0, 0.05) is 0 Å². The topological polar surface area (TPSA) is 36.4 Å². The Balaban J connectivity index is 2.80. The highest BCUT2D eigenvalue weighted by molar-refractivity contribution is 5.87. The second-order valence-corrected chi connectivity index (χ2v) is 7.49.